The highest BCUT2D eigenvalue weighted by molar-refractivity contribution is 6.11. The first-order valence-electron chi connectivity index (χ1n) is 8.81. The van der Waals surface area contributed by atoms with Crippen molar-refractivity contribution in [1.82, 2.24) is 4.57 Å². The summed E-state index contributed by atoms with van der Waals surface area (Å²) in [6.45, 7) is 0. The second kappa shape index (κ2) is 8.39. The van der Waals surface area contributed by atoms with Crippen LogP contribution in [0, 0.1) is 0 Å². The van der Waals surface area contributed by atoms with Crippen molar-refractivity contribution in [2.45, 2.75) is 6.42 Å². The molecular weight excluding hydrogens is 354 g/mol. The van der Waals surface area contributed by atoms with Gasteiger partial charge in [0.25, 0.3) is 0 Å². The van der Waals surface area contributed by atoms with E-state index in [2.05, 4.69) is 0 Å². The molecule has 5 heteroatoms. The Balaban J connectivity index is 1.62. The Morgan fingerprint density at radius 3 is 2.43 bits per heavy atom. The first kappa shape index (κ1) is 19.2. The van der Waals surface area contributed by atoms with Crippen molar-refractivity contribution in [2.24, 2.45) is 7.05 Å². The zero-order chi connectivity index (χ0) is 20.1. The molecule has 3 rings (SSSR count). The van der Waals surface area contributed by atoms with E-state index in [0.717, 1.165) is 16.6 Å². The molecule has 0 saturated heterocycles. The minimum absolute atomic E-state index is 0.00827. The molecule has 0 fully saturated rings. The minimum atomic E-state index is -0.304. The second-order valence-electron chi connectivity index (χ2n) is 6.39. The lowest BCUT2D eigenvalue weighted by Crippen LogP contribution is -2.02. The number of methoxy groups -OCH3 is 1. The van der Waals surface area contributed by atoms with E-state index in [4.69, 9.17) is 4.74 Å². The lowest BCUT2D eigenvalue weighted by Gasteiger charge is -2.03. The summed E-state index contributed by atoms with van der Waals surface area (Å²) in [5.74, 6) is -0.220. The molecular formula is C23H21NO4. The molecule has 142 valence electrons. The van der Waals surface area contributed by atoms with Gasteiger partial charge in [-0.15, -0.1) is 0 Å². The number of nitrogens with zero attached hydrogens (tertiary/aromatic N) is 1. The van der Waals surface area contributed by atoms with Gasteiger partial charge in [0.15, 0.2) is 23.1 Å². The van der Waals surface area contributed by atoms with Crippen molar-refractivity contribution < 1.29 is 19.4 Å². The van der Waals surface area contributed by atoms with Crippen molar-refractivity contribution in [2.75, 3.05) is 7.11 Å². The van der Waals surface area contributed by atoms with Crippen molar-refractivity contribution in [1.29, 1.82) is 0 Å². The molecule has 0 aliphatic heterocycles. The predicted molar refractivity (Wildman–Crippen MR) is 110 cm³/mol. The molecule has 0 unspecified atom stereocenters. The lowest BCUT2D eigenvalue weighted by atomic mass is 10.1. The number of ketones is 2. The molecule has 5 nitrogen and oxygen atoms in total. The van der Waals surface area contributed by atoms with Gasteiger partial charge in [-0.05, 0) is 48.1 Å². The van der Waals surface area contributed by atoms with Gasteiger partial charge in [-0.2, -0.15) is 0 Å². The van der Waals surface area contributed by atoms with Gasteiger partial charge >= 0.3 is 0 Å². The highest BCUT2D eigenvalue weighted by Crippen LogP contribution is 2.26. The molecule has 28 heavy (non-hydrogen) atoms. The molecule has 0 saturated carbocycles. The number of hydrogen-bond donors (Lipinski definition) is 1. The normalized spacial score (nSPS) is 11.5. The molecule has 0 spiro atoms. The van der Waals surface area contributed by atoms with Gasteiger partial charge in [0.2, 0.25) is 0 Å². The monoisotopic (exact) mass is 375 g/mol. The molecule has 1 N–H and O–H groups in total. The van der Waals surface area contributed by atoms with E-state index in [-0.39, 0.29) is 23.7 Å². The van der Waals surface area contributed by atoms with Gasteiger partial charge < -0.3 is 14.4 Å². The van der Waals surface area contributed by atoms with E-state index in [0.29, 0.717) is 11.3 Å². The summed E-state index contributed by atoms with van der Waals surface area (Å²) in [5, 5.41) is 10.8. The quantitative estimate of drug-likeness (QED) is 0.498. The van der Waals surface area contributed by atoms with Crippen LogP contribution in [-0.2, 0) is 16.6 Å². The first-order chi connectivity index (χ1) is 13.5. The topological polar surface area (TPSA) is 68.5 Å². The van der Waals surface area contributed by atoms with E-state index in [1.807, 2.05) is 41.9 Å². The Morgan fingerprint density at radius 2 is 1.75 bits per heavy atom. The summed E-state index contributed by atoms with van der Waals surface area (Å²) in [6.07, 6.45) is 5.84. The van der Waals surface area contributed by atoms with Gasteiger partial charge in [0.05, 0.1) is 13.5 Å². The number of carbonyl (C=O) groups excluding carboxylic acids is 2. The molecule has 2 aromatic carbocycles. The number of allylic oxidation sites excluding steroid dienone is 2. The zero-order valence-electron chi connectivity index (χ0n) is 15.8. The Kier molecular flexibility index (Phi) is 5.75. The van der Waals surface area contributed by atoms with Gasteiger partial charge in [-0.1, -0.05) is 30.3 Å². The number of fused-ring (bicyclic) bond motifs is 1. The summed E-state index contributed by atoms with van der Waals surface area (Å²) in [5.41, 5.74) is 2.62. The number of rotatable bonds is 7. The van der Waals surface area contributed by atoms with Crippen LogP contribution >= 0.6 is 0 Å². The van der Waals surface area contributed by atoms with Crippen LogP contribution in [0.4, 0.5) is 0 Å². The van der Waals surface area contributed by atoms with Gasteiger partial charge in [-0.3, -0.25) is 9.59 Å². The number of para-hydroxylation sites is 1. The average Bonchev–Trinajstić information content (AvgIpc) is 3.01. The summed E-state index contributed by atoms with van der Waals surface area (Å²) >= 11 is 0. The highest BCUT2D eigenvalue weighted by Gasteiger charge is 2.06. The van der Waals surface area contributed by atoms with E-state index >= 15 is 0 Å². The van der Waals surface area contributed by atoms with E-state index < -0.39 is 0 Å². The van der Waals surface area contributed by atoms with Gasteiger partial charge in [0, 0.05) is 23.6 Å². The van der Waals surface area contributed by atoms with Crippen LogP contribution in [-0.4, -0.2) is 28.3 Å². The number of aromatic nitrogens is 1. The number of benzene rings is 2. The third-order valence-electron chi connectivity index (χ3n) is 4.44. The van der Waals surface area contributed by atoms with Crippen LogP contribution in [0.2, 0.25) is 0 Å². The fraction of sp³-hybridized carbons (Fsp3) is 0.130. The molecule has 3 aromatic rings. The molecule has 0 bridgehead atoms. The van der Waals surface area contributed by atoms with Crippen molar-refractivity contribution >= 4 is 34.6 Å². The lowest BCUT2D eigenvalue weighted by molar-refractivity contribution is -0.121. The second-order valence-corrected chi connectivity index (χ2v) is 6.39. The third kappa shape index (κ3) is 4.38. The maximum absolute atomic E-state index is 12.1. The number of phenolic OH excluding ortho intramolecular Hbond substituents is 1. The molecule has 0 radical (unpaired) electrons. The fourth-order valence-corrected chi connectivity index (χ4v) is 2.94. The molecule has 1 aromatic heterocycles. The van der Waals surface area contributed by atoms with E-state index in [9.17, 15) is 14.7 Å². The standard InChI is InChI=1S/C23H21NO4/c1-24-18(14-17-5-3-4-6-21(17)24)9-11-20(26)15-19(25)10-7-16-8-12-23(28-2)22(27)13-16/h3-14,27H,15H2,1-2H3. The summed E-state index contributed by atoms with van der Waals surface area (Å²) in [7, 11) is 3.40. The van der Waals surface area contributed by atoms with Crippen molar-refractivity contribution in [3.8, 4) is 11.5 Å². The Labute approximate surface area is 163 Å². The molecule has 0 amide bonds. The number of hydrogen-bond acceptors (Lipinski definition) is 4. The maximum Gasteiger partial charge on any atom is 0.163 e. The van der Waals surface area contributed by atoms with Gasteiger partial charge in [0.1, 0.15) is 0 Å². The molecule has 0 aliphatic rings. The third-order valence-corrected chi connectivity index (χ3v) is 4.44. The number of phenols is 1. The van der Waals surface area contributed by atoms with Crippen LogP contribution < -0.4 is 4.74 Å². The molecule has 0 atom stereocenters. The summed E-state index contributed by atoms with van der Waals surface area (Å²) < 4.78 is 6.97. The van der Waals surface area contributed by atoms with E-state index in [1.54, 1.807) is 24.3 Å². The maximum atomic E-state index is 12.1. The summed E-state index contributed by atoms with van der Waals surface area (Å²) in [4.78, 5) is 24.1. The van der Waals surface area contributed by atoms with Crippen LogP contribution in [0.1, 0.15) is 17.7 Å². The van der Waals surface area contributed by atoms with Crippen LogP contribution in [0.5, 0.6) is 11.5 Å². The summed E-state index contributed by atoms with van der Waals surface area (Å²) in [6, 6.07) is 14.8. The molecule has 0 aliphatic carbocycles. The fourth-order valence-electron chi connectivity index (χ4n) is 2.94. The number of aryl methyl sites for hydroxylation is 1. The Hall–Kier alpha value is -3.60. The zero-order valence-corrected chi connectivity index (χ0v) is 15.8. The average molecular weight is 375 g/mol. The van der Waals surface area contributed by atoms with Crippen LogP contribution in [0.25, 0.3) is 23.1 Å². The highest BCUT2D eigenvalue weighted by atomic mass is 16.5. The van der Waals surface area contributed by atoms with Crippen molar-refractivity contribution in [3.63, 3.8) is 0 Å². The Bertz CT molecular complexity index is 1090. The van der Waals surface area contributed by atoms with E-state index in [1.165, 1.54) is 25.3 Å². The Morgan fingerprint density at radius 1 is 1.04 bits per heavy atom. The predicted octanol–water partition coefficient (Wildman–Crippen LogP) is 4.15. The van der Waals surface area contributed by atoms with Gasteiger partial charge in [-0.25, -0.2) is 0 Å². The smallest absolute Gasteiger partial charge is 0.163 e. The van der Waals surface area contributed by atoms with Crippen molar-refractivity contribution in [3.05, 3.63) is 71.9 Å². The SMILES string of the molecule is COc1ccc(C=CC(=O)CC(=O)C=Cc2cc3ccccc3n2C)cc1O. The van der Waals surface area contributed by atoms with Crippen LogP contribution in [0.15, 0.2) is 60.7 Å². The largest absolute Gasteiger partial charge is 0.504 e. The number of carbonyl (C=O) groups is 2. The molecule has 1 heterocycles. The first-order valence-corrected chi connectivity index (χ1v) is 8.81. The number of ether oxygens (including phenoxy) is 1. The van der Waals surface area contributed by atoms with Crippen LogP contribution in [0.3, 0.4) is 0 Å². The minimum Gasteiger partial charge on any atom is -0.504 e. The number of aromatic hydroxyl groups is 1.